The molecule has 0 bridgehead atoms. The van der Waals surface area contributed by atoms with Gasteiger partial charge in [-0.3, -0.25) is 9.59 Å². The normalized spacial score (nSPS) is 17.0. The van der Waals surface area contributed by atoms with Gasteiger partial charge in [-0.25, -0.2) is 0 Å². The number of benzene rings is 2. The largest absolute Gasteiger partial charge is 0.497 e. The van der Waals surface area contributed by atoms with Crippen LogP contribution >= 0.6 is 0 Å². The summed E-state index contributed by atoms with van der Waals surface area (Å²) >= 11 is 0. The highest BCUT2D eigenvalue weighted by atomic mass is 16.7. The molecule has 5 rings (SSSR count). The first kappa shape index (κ1) is 20.9. The van der Waals surface area contributed by atoms with Gasteiger partial charge in [0.2, 0.25) is 6.79 Å². The van der Waals surface area contributed by atoms with Gasteiger partial charge in [-0.2, -0.15) is 0 Å². The van der Waals surface area contributed by atoms with Gasteiger partial charge in [0.25, 0.3) is 11.8 Å². The number of ether oxygens (including phenoxy) is 3. The zero-order valence-corrected chi connectivity index (χ0v) is 18.1. The molecule has 1 fully saturated rings. The second-order valence-electron chi connectivity index (χ2n) is 7.88. The third-order valence-electron chi connectivity index (χ3n) is 5.82. The summed E-state index contributed by atoms with van der Waals surface area (Å²) in [6, 6.07) is 13.5. The van der Waals surface area contributed by atoms with Crippen molar-refractivity contribution in [1.82, 2.24) is 10.1 Å². The van der Waals surface area contributed by atoms with Crippen molar-refractivity contribution in [2.75, 3.05) is 25.8 Å². The van der Waals surface area contributed by atoms with E-state index in [0.29, 0.717) is 40.8 Å². The quantitative estimate of drug-likeness (QED) is 0.627. The van der Waals surface area contributed by atoms with Gasteiger partial charge in [-0.15, -0.1) is 0 Å². The van der Waals surface area contributed by atoms with Crippen molar-refractivity contribution in [1.29, 1.82) is 0 Å². The number of likely N-dealkylation sites (tertiary alicyclic amines) is 1. The highest BCUT2D eigenvalue weighted by Gasteiger charge is 2.32. The zero-order valence-electron chi connectivity index (χ0n) is 18.1. The van der Waals surface area contributed by atoms with E-state index in [9.17, 15) is 9.59 Å². The van der Waals surface area contributed by atoms with Crippen molar-refractivity contribution in [2.45, 2.75) is 25.3 Å². The standard InChI is InChI=1S/C24H23N3O6/c1-30-17-8-5-15(6-9-17)24(29)27-11-3-2-4-19(27)21-13-18(26-33-21)23(28)25-16-7-10-20-22(12-16)32-14-31-20/h5-10,12-13,19H,2-4,11,14H2,1H3,(H,25,28). The van der Waals surface area contributed by atoms with Gasteiger partial charge in [0.1, 0.15) is 5.75 Å². The predicted molar refractivity (Wildman–Crippen MR) is 118 cm³/mol. The molecule has 33 heavy (non-hydrogen) atoms. The van der Waals surface area contributed by atoms with Gasteiger partial charge in [-0.1, -0.05) is 5.16 Å². The van der Waals surface area contributed by atoms with Gasteiger partial charge in [0.15, 0.2) is 23.0 Å². The van der Waals surface area contributed by atoms with Crippen LogP contribution in [0.1, 0.15) is 51.9 Å². The molecule has 1 unspecified atom stereocenters. The van der Waals surface area contributed by atoms with Gasteiger partial charge in [0.05, 0.1) is 13.2 Å². The number of aromatic nitrogens is 1. The molecule has 3 heterocycles. The van der Waals surface area contributed by atoms with Crippen LogP contribution < -0.4 is 19.5 Å². The minimum Gasteiger partial charge on any atom is -0.497 e. The van der Waals surface area contributed by atoms with Crippen LogP contribution in [0.2, 0.25) is 0 Å². The minimum absolute atomic E-state index is 0.0925. The van der Waals surface area contributed by atoms with Crippen molar-refractivity contribution in [3.05, 3.63) is 65.5 Å². The number of nitrogens with one attached hydrogen (secondary N) is 1. The minimum atomic E-state index is -0.410. The van der Waals surface area contributed by atoms with Gasteiger partial charge < -0.3 is 29.0 Å². The Morgan fingerprint density at radius 1 is 1.06 bits per heavy atom. The topological polar surface area (TPSA) is 103 Å². The highest BCUT2D eigenvalue weighted by molar-refractivity contribution is 6.03. The fourth-order valence-corrected chi connectivity index (χ4v) is 4.09. The Bertz CT molecular complexity index is 1170. The number of carbonyl (C=O) groups excluding carboxylic acids is 2. The summed E-state index contributed by atoms with van der Waals surface area (Å²) in [7, 11) is 1.58. The number of fused-ring (bicyclic) bond motifs is 1. The molecular formula is C24H23N3O6. The van der Waals surface area contributed by atoms with Crippen LogP contribution in [-0.2, 0) is 0 Å². The van der Waals surface area contributed by atoms with E-state index >= 15 is 0 Å². The number of piperidine rings is 1. The van der Waals surface area contributed by atoms with E-state index in [1.54, 1.807) is 60.5 Å². The first-order chi connectivity index (χ1) is 16.1. The summed E-state index contributed by atoms with van der Waals surface area (Å²) in [4.78, 5) is 27.7. The van der Waals surface area contributed by atoms with Crippen LogP contribution in [0.3, 0.4) is 0 Å². The molecule has 9 heteroatoms. The van der Waals surface area contributed by atoms with Crippen LogP contribution in [0.25, 0.3) is 0 Å². The summed E-state index contributed by atoms with van der Waals surface area (Å²) in [5.74, 6) is 1.89. The number of carbonyl (C=O) groups is 2. The lowest BCUT2D eigenvalue weighted by Crippen LogP contribution is -2.38. The van der Waals surface area contributed by atoms with Crippen molar-refractivity contribution >= 4 is 17.5 Å². The van der Waals surface area contributed by atoms with E-state index in [2.05, 4.69) is 10.5 Å². The number of hydrogen-bond acceptors (Lipinski definition) is 7. The number of anilines is 1. The lowest BCUT2D eigenvalue weighted by molar-refractivity contribution is 0.0570. The Balaban J connectivity index is 1.31. The van der Waals surface area contributed by atoms with Crippen LogP contribution in [-0.4, -0.2) is 42.3 Å². The molecule has 1 saturated heterocycles. The average molecular weight is 449 g/mol. The zero-order chi connectivity index (χ0) is 22.8. The first-order valence-electron chi connectivity index (χ1n) is 10.7. The van der Waals surface area contributed by atoms with Crippen LogP contribution in [0, 0.1) is 0 Å². The van der Waals surface area contributed by atoms with Gasteiger partial charge >= 0.3 is 0 Å². The number of nitrogens with zero attached hydrogens (tertiary/aromatic N) is 2. The maximum atomic E-state index is 13.2. The molecule has 0 spiro atoms. The molecule has 1 aromatic heterocycles. The molecular weight excluding hydrogens is 426 g/mol. The molecule has 3 aromatic rings. The van der Waals surface area contributed by atoms with E-state index in [0.717, 1.165) is 19.3 Å². The van der Waals surface area contributed by atoms with E-state index in [-0.39, 0.29) is 24.4 Å². The number of hydrogen-bond donors (Lipinski definition) is 1. The number of amides is 2. The second kappa shape index (κ2) is 8.85. The molecule has 0 aliphatic carbocycles. The van der Waals surface area contributed by atoms with Crippen LogP contribution in [0.5, 0.6) is 17.2 Å². The predicted octanol–water partition coefficient (Wildman–Crippen LogP) is 4.03. The third kappa shape index (κ3) is 4.21. The molecule has 9 nitrogen and oxygen atoms in total. The SMILES string of the molecule is COc1ccc(C(=O)N2CCCCC2c2cc(C(=O)Nc3ccc4c(c3)OCO4)no2)cc1. The molecule has 0 saturated carbocycles. The fourth-order valence-electron chi connectivity index (χ4n) is 4.09. The highest BCUT2D eigenvalue weighted by Crippen LogP contribution is 2.35. The number of rotatable bonds is 5. The van der Waals surface area contributed by atoms with E-state index in [1.165, 1.54) is 0 Å². The van der Waals surface area contributed by atoms with Gasteiger partial charge in [-0.05, 0) is 55.7 Å². The summed E-state index contributed by atoms with van der Waals surface area (Å²) < 4.78 is 21.3. The molecule has 2 aliphatic rings. The van der Waals surface area contributed by atoms with Crippen molar-refractivity contribution in [3.8, 4) is 17.2 Å². The van der Waals surface area contributed by atoms with Crippen molar-refractivity contribution in [3.63, 3.8) is 0 Å². The Labute approximate surface area is 190 Å². The summed E-state index contributed by atoms with van der Waals surface area (Å²) in [5, 5.41) is 6.74. The molecule has 2 aromatic carbocycles. The molecule has 1 atom stereocenters. The maximum Gasteiger partial charge on any atom is 0.277 e. The maximum absolute atomic E-state index is 13.2. The second-order valence-corrected chi connectivity index (χ2v) is 7.88. The monoisotopic (exact) mass is 449 g/mol. The fraction of sp³-hybridized carbons (Fsp3) is 0.292. The molecule has 2 aliphatic heterocycles. The van der Waals surface area contributed by atoms with Crippen molar-refractivity contribution < 1.29 is 28.3 Å². The molecule has 1 N–H and O–H groups in total. The van der Waals surface area contributed by atoms with E-state index in [4.69, 9.17) is 18.7 Å². The number of methoxy groups -OCH3 is 1. The molecule has 2 amide bonds. The Kier molecular flexibility index (Phi) is 5.60. The lowest BCUT2D eigenvalue weighted by atomic mass is 9.98. The average Bonchev–Trinajstić information content (AvgIpc) is 3.53. The molecule has 170 valence electrons. The van der Waals surface area contributed by atoms with E-state index in [1.807, 2.05) is 0 Å². The summed E-state index contributed by atoms with van der Waals surface area (Å²) in [6.07, 6.45) is 2.60. The lowest BCUT2D eigenvalue weighted by Gasteiger charge is -2.34. The van der Waals surface area contributed by atoms with Crippen molar-refractivity contribution in [2.24, 2.45) is 0 Å². The van der Waals surface area contributed by atoms with E-state index < -0.39 is 5.91 Å². The summed E-state index contributed by atoms with van der Waals surface area (Å²) in [6.45, 7) is 0.765. The van der Waals surface area contributed by atoms with Crippen LogP contribution in [0.15, 0.2) is 53.1 Å². The Morgan fingerprint density at radius 3 is 2.70 bits per heavy atom. The third-order valence-corrected chi connectivity index (χ3v) is 5.82. The Morgan fingerprint density at radius 2 is 1.88 bits per heavy atom. The van der Waals surface area contributed by atoms with Gasteiger partial charge in [0, 0.05) is 29.9 Å². The smallest absolute Gasteiger partial charge is 0.277 e. The Hall–Kier alpha value is -4.01. The first-order valence-corrected chi connectivity index (χ1v) is 10.7. The van der Waals surface area contributed by atoms with Crippen LogP contribution in [0.4, 0.5) is 5.69 Å². The molecule has 0 radical (unpaired) electrons. The summed E-state index contributed by atoms with van der Waals surface area (Å²) in [5.41, 5.74) is 1.27.